The smallest absolute Gasteiger partial charge is 0.0272 e. The van der Waals surface area contributed by atoms with Crippen LogP contribution in [0.3, 0.4) is 0 Å². The highest BCUT2D eigenvalue weighted by atomic mass is 14.4. The summed E-state index contributed by atoms with van der Waals surface area (Å²) in [5.74, 6) is 2.12. The van der Waals surface area contributed by atoms with Crippen LogP contribution in [0.1, 0.15) is 41.7 Å². The largest absolute Gasteiger partial charge is 0.0651 e. The van der Waals surface area contributed by atoms with Gasteiger partial charge in [0.25, 0.3) is 0 Å². The lowest BCUT2D eigenvalue weighted by atomic mass is 9.87. The predicted molar refractivity (Wildman–Crippen MR) is 39.2 cm³/mol. The average molecular weight is 126 g/mol. The molecule has 2 aliphatic carbocycles. The van der Waals surface area contributed by atoms with Crippen molar-refractivity contribution in [1.82, 2.24) is 0 Å². The summed E-state index contributed by atoms with van der Waals surface area (Å²) < 4.78 is 15.1. The minimum absolute atomic E-state index is 0.194. The molecular formula is C9H16. The van der Waals surface area contributed by atoms with Crippen LogP contribution in [0.4, 0.5) is 0 Å². The highest BCUT2D eigenvalue weighted by Crippen LogP contribution is 2.49. The summed E-state index contributed by atoms with van der Waals surface area (Å²) in [4.78, 5) is 0. The van der Waals surface area contributed by atoms with Crippen LogP contribution in [0.15, 0.2) is 0 Å². The number of rotatable bonds is 1. The summed E-state index contributed by atoms with van der Waals surface area (Å²) in [6.07, 6.45) is 5.13. The summed E-state index contributed by atoms with van der Waals surface area (Å²) in [5, 5.41) is 0. The minimum atomic E-state index is 0.194. The average Bonchev–Trinajstić information content (AvgIpc) is 2.54. The molecule has 0 nitrogen and oxygen atoms in total. The van der Waals surface area contributed by atoms with E-state index in [2.05, 4.69) is 0 Å². The fourth-order valence-electron chi connectivity index (χ4n) is 2.46. The second-order valence-electron chi connectivity index (χ2n) is 3.48. The molecule has 2 saturated carbocycles. The Balaban J connectivity index is 2.00. The van der Waals surface area contributed by atoms with Gasteiger partial charge in [0.1, 0.15) is 0 Å². The van der Waals surface area contributed by atoms with E-state index in [9.17, 15) is 0 Å². The number of hydrogen-bond acceptors (Lipinski definition) is 0. The molecule has 0 heteroatoms. The first kappa shape index (κ1) is 4.00. The topological polar surface area (TPSA) is 0 Å². The third-order valence-corrected chi connectivity index (χ3v) is 2.97. The highest BCUT2D eigenvalue weighted by Gasteiger charge is 2.37. The lowest BCUT2D eigenvalue weighted by Gasteiger charge is -2.18. The molecule has 2 aliphatic rings. The van der Waals surface area contributed by atoms with Gasteiger partial charge in [-0.2, -0.15) is 0 Å². The molecule has 0 saturated heterocycles. The van der Waals surface area contributed by atoms with Crippen LogP contribution in [-0.2, 0) is 0 Å². The summed E-state index contributed by atoms with van der Waals surface area (Å²) in [6.45, 7) is 0.531. The van der Waals surface area contributed by atoms with E-state index in [1.165, 1.54) is 19.3 Å². The van der Waals surface area contributed by atoms with Crippen molar-refractivity contribution in [3.63, 3.8) is 0 Å². The molecule has 2 fully saturated rings. The monoisotopic (exact) mass is 126 g/mol. The molecule has 0 radical (unpaired) electrons. The van der Waals surface area contributed by atoms with E-state index < -0.39 is 0 Å². The zero-order valence-electron chi connectivity index (χ0n) is 7.84. The van der Waals surface area contributed by atoms with Gasteiger partial charge in [0, 0.05) is 2.74 Å². The van der Waals surface area contributed by atoms with Crippen molar-refractivity contribution in [1.29, 1.82) is 0 Å². The van der Waals surface area contributed by atoms with Crippen molar-refractivity contribution < 1.29 is 2.74 Å². The fraction of sp³-hybridized carbons (Fsp3) is 1.00. The van der Waals surface area contributed by atoms with Crippen LogP contribution in [0, 0.1) is 17.8 Å². The van der Waals surface area contributed by atoms with Crippen LogP contribution in [0.5, 0.6) is 0 Å². The standard InChI is InChI=1S/C9H16/c1-2-8-5-7-3-4-9(8)6-7/h7-9H,2-6H2,1H3/t7-,8-,9-/m1/s1/i1D,5D/t5-,7-,8-,9-. The molecule has 0 heterocycles. The molecular weight excluding hydrogens is 108 g/mol. The quantitative estimate of drug-likeness (QED) is 0.507. The molecule has 52 valence electrons. The Morgan fingerprint density at radius 1 is 1.67 bits per heavy atom. The van der Waals surface area contributed by atoms with Gasteiger partial charge in [0.2, 0.25) is 0 Å². The lowest BCUT2D eigenvalue weighted by molar-refractivity contribution is 0.324. The Kier molecular flexibility index (Phi) is 0.889. The zero-order valence-corrected chi connectivity index (χ0v) is 5.84. The molecule has 0 aromatic rings. The van der Waals surface area contributed by atoms with Gasteiger partial charge in [-0.05, 0) is 37.0 Å². The molecule has 0 unspecified atom stereocenters. The lowest BCUT2D eigenvalue weighted by Crippen LogP contribution is -2.08. The second-order valence-corrected chi connectivity index (χ2v) is 3.48. The number of fused-ring (bicyclic) bond motifs is 2. The van der Waals surface area contributed by atoms with Gasteiger partial charge >= 0.3 is 0 Å². The van der Waals surface area contributed by atoms with Gasteiger partial charge in [-0.15, -0.1) is 0 Å². The highest BCUT2D eigenvalue weighted by molar-refractivity contribution is 4.88. The van der Waals surface area contributed by atoms with E-state index >= 15 is 0 Å². The van der Waals surface area contributed by atoms with Crippen molar-refractivity contribution in [2.45, 2.75) is 39.0 Å². The second kappa shape index (κ2) is 2.00. The van der Waals surface area contributed by atoms with E-state index in [4.69, 9.17) is 2.74 Å². The Bertz CT molecular complexity index is 144. The first-order valence-corrected chi connectivity index (χ1v) is 4.04. The maximum absolute atomic E-state index is 7.90. The first-order chi connectivity index (χ1) is 5.33. The first-order valence-electron chi connectivity index (χ1n) is 5.33. The molecule has 0 spiro atoms. The zero-order chi connectivity index (χ0) is 7.84. The molecule has 4 atom stereocenters. The van der Waals surface area contributed by atoms with Gasteiger partial charge in [-0.25, -0.2) is 0 Å². The van der Waals surface area contributed by atoms with Crippen LogP contribution in [0.25, 0.3) is 0 Å². The van der Waals surface area contributed by atoms with Crippen molar-refractivity contribution in [3.8, 4) is 0 Å². The van der Waals surface area contributed by atoms with E-state index in [1.807, 2.05) is 0 Å². The fourth-order valence-corrected chi connectivity index (χ4v) is 2.46. The van der Waals surface area contributed by atoms with Gasteiger partial charge in [0.05, 0.1) is 0 Å². The molecule has 0 amide bonds. The van der Waals surface area contributed by atoms with Crippen LogP contribution in [0.2, 0.25) is 0 Å². The summed E-state index contributed by atoms with van der Waals surface area (Å²) in [5.41, 5.74) is 0. The van der Waals surface area contributed by atoms with Gasteiger partial charge in [-0.1, -0.05) is 19.7 Å². The van der Waals surface area contributed by atoms with E-state index in [0.717, 1.165) is 12.3 Å². The van der Waals surface area contributed by atoms with Crippen LogP contribution < -0.4 is 0 Å². The molecule has 0 aromatic heterocycles. The SMILES string of the molecule is [2H]CC[C@H]1[C@@H]2CC[C@@H](C2)[C@H]1[2H]. The van der Waals surface area contributed by atoms with Crippen LogP contribution >= 0.6 is 0 Å². The van der Waals surface area contributed by atoms with Crippen molar-refractivity contribution >= 4 is 0 Å². The maximum Gasteiger partial charge on any atom is 0.0272 e. The number of hydrogen-bond donors (Lipinski definition) is 0. The Labute approximate surface area is 60.5 Å². The van der Waals surface area contributed by atoms with E-state index in [0.29, 0.717) is 18.7 Å². The summed E-state index contributed by atoms with van der Waals surface area (Å²) >= 11 is 0. The van der Waals surface area contributed by atoms with Crippen LogP contribution in [-0.4, -0.2) is 0 Å². The van der Waals surface area contributed by atoms with Crippen molar-refractivity contribution in [2.75, 3.05) is 0 Å². The summed E-state index contributed by atoms with van der Waals surface area (Å²) in [7, 11) is 0. The molecule has 0 aromatic carbocycles. The third-order valence-electron chi connectivity index (χ3n) is 2.97. The Hall–Kier alpha value is 0. The van der Waals surface area contributed by atoms with E-state index in [1.54, 1.807) is 0 Å². The predicted octanol–water partition coefficient (Wildman–Crippen LogP) is 2.83. The van der Waals surface area contributed by atoms with Gasteiger partial charge in [-0.3, -0.25) is 0 Å². The Morgan fingerprint density at radius 3 is 3.33 bits per heavy atom. The van der Waals surface area contributed by atoms with Crippen molar-refractivity contribution in [3.05, 3.63) is 0 Å². The van der Waals surface area contributed by atoms with Gasteiger partial charge < -0.3 is 0 Å². The van der Waals surface area contributed by atoms with Crippen molar-refractivity contribution in [2.24, 2.45) is 17.8 Å². The van der Waals surface area contributed by atoms with Gasteiger partial charge in [0.15, 0.2) is 0 Å². The molecule has 0 N–H and O–H groups in total. The molecule has 0 aliphatic heterocycles. The molecule has 2 bridgehead atoms. The maximum atomic E-state index is 7.90. The third kappa shape index (κ3) is 0.798. The molecule has 9 heavy (non-hydrogen) atoms. The van der Waals surface area contributed by atoms with E-state index in [-0.39, 0.29) is 6.40 Å². The molecule has 2 rings (SSSR count). The Morgan fingerprint density at radius 2 is 2.67 bits per heavy atom. The minimum Gasteiger partial charge on any atom is -0.0651 e. The normalized spacial score (nSPS) is 59.6. The summed E-state index contributed by atoms with van der Waals surface area (Å²) in [6, 6.07) is 0.